The van der Waals surface area contributed by atoms with Gasteiger partial charge in [-0.3, -0.25) is 4.39 Å². The summed E-state index contributed by atoms with van der Waals surface area (Å²) >= 11 is 0. The molecule has 0 aromatic heterocycles. The summed E-state index contributed by atoms with van der Waals surface area (Å²) in [6.07, 6.45) is 0. The van der Waals surface area contributed by atoms with Crippen molar-refractivity contribution in [3.8, 4) is 0 Å². The molecule has 3 N–H and O–H groups in total. The molecule has 0 aliphatic heterocycles. The number of hydrogen-bond donors (Lipinski definition) is 2. The van der Waals surface area contributed by atoms with E-state index >= 15 is 0 Å². The Hall–Kier alpha value is -0.150. The SMILES string of the molecule is NCC(CO)CF. The Morgan fingerprint density at radius 2 is 2.29 bits per heavy atom. The molecule has 1 unspecified atom stereocenters. The topological polar surface area (TPSA) is 46.2 Å². The number of aliphatic hydroxyl groups excluding tert-OH is 1. The van der Waals surface area contributed by atoms with Gasteiger partial charge in [-0.05, 0) is 6.54 Å². The first-order chi connectivity index (χ1) is 3.35. The van der Waals surface area contributed by atoms with Crippen molar-refractivity contribution in [1.82, 2.24) is 0 Å². The maximum atomic E-state index is 11.4. The Labute approximate surface area is 42.1 Å². The Morgan fingerprint density at radius 3 is 2.29 bits per heavy atom. The van der Waals surface area contributed by atoms with E-state index in [0.29, 0.717) is 0 Å². The van der Waals surface area contributed by atoms with Gasteiger partial charge in [-0.15, -0.1) is 0 Å². The van der Waals surface area contributed by atoms with E-state index in [2.05, 4.69) is 0 Å². The van der Waals surface area contributed by atoms with Crippen molar-refractivity contribution < 1.29 is 9.50 Å². The molecule has 0 fully saturated rings. The van der Waals surface area contributed by atoms with Crippen LogP contribution >= 0.6 is 0 Å². The summed E-state index contributed by atoms with van der Waals surface area (Å²) in [6.45, 7) is -0.438. The first-order valence-corrected chi connectivity index (χ1v) is 2.22. The Balaban J connectivity index is 2.99. The van der Waals surface area contributed by atoms with E-state index < -0.39 is 6.67 Å². The first kappa shape index (κ1) is 6.85. The van der Waals surface area contributed by atoms with Crippen molar-refractivity contribution in [3.63, 3.8) is 0 Å². The molecule has 0 radical (unpaired) electrons. The van der Waals surface area contributed by atoms with Crippen LogP contribution in [0.25, 0.3) is 0 Å². The van der Waals surface area contributed by atoms with Crippen LogP contribution in [0.3, 0.4) is 0 Å². The summed E-state index contributed by atoms with van der Waals surface area (Å²) in [5.41, 5.74) is 4.99. The summed E-state index contributed by atoms with van der Waals surface area (Å²) < 4.78 is 11.4. The van der Waals surface area contributed by atoms with Gasteiger partial charge >= 0.3 is 0 Å². The van der Waals surface area contributed by atoms with Gasteiger partial charge in [0.25, 0.3) is 0 Å². The van der Waals surface area contributed by atoms with E-state index in [1.54, 1.807) is 0 Å². The fourth-order valence-corrected chi connectivity index (χ4v) is 0.186. The normalized spacial score (nSPS) is 14.1. The van der Waals surface area contributed by atoms with Gasteiger partial charge in [0.05, 0.1) is 6.67 Å². The number of aliphatic hydroxyl groups is 1. The smallest absolute Gasteiger partial charge is 0.0956 e. The van der Waals surface area contributed by atoms with Gasteiger partial charge in [0.1, 0.15) is 0 Å². The van der Waals surface area contributed by atoms with Crippen molar-refractivity contribution in [3.05, 3.63) is 0 Å². The molecular formula is C4H10FNO. The second-order valence-electron chi connectivity index (χ2n) is 1.44. The summed E-state index contributed by atoms with van der Waals surface area (Å²) in [6, 6.07) is 0. The summed E-state index contributed by atoms with van der Waals surface area (Å²) in [4.78, 5) is 0. The van der Waals surface area contributed by atoms with Crippen molar-refractivity contribution in [2.75, 3.05) is 19.8 Å². The molecule has 0 aromatic rings. The van der Waals surface area contributed by atoms with Crippen LogP contribution in [0.4, 0.5) is 4.39 Å². The molecule has 3 heteroatoms. The molecule has 7 heavy (non-hydrogen) atoms. The van der Waals surface area contributed by atoms with E-state index in [-0.39, 0.29) is 19.1 Å². The van der Waals surface area contributed by atoms with E-state index in [0.717, 1.165) is 0 Å². The van der Waals surface area contributed by atoms with Crippen molar-refractivity contribution in [2.45, 2.75) is 0 Å². The monoisotopic (exact) mass is 107 g/mol. The van der Waals surface area contributed by atoms with E-state index in [9.17, 15) is 4.39 Å². The molecule has 1 atom stereocenters. The van der Waals surface area contributed by atoms with Crippen LogP contribution in [0.15, 0.2) is 0 Å². The van der Waals surface area contributed by atoms with Gasteiger partial charge in [-0.25, -0.2) is 0 Å². The highest BCUT2D eigenvalue weighted by atomic mass is 19.1. The lowest BCUT2D eigenvalue weighted by Crippen LogP contribution is -2.19. The number of hydrogen-bond acceptors (Lipinski definition) is 2. The minimum absolute atomic E-state index is 0.146. The first-order valence-electron chi connectivity index (χ1n) is 2.22. The predicted octanol–water partition coefficient (Wildman–Crippen LogP) is -0.477. The number of alkyl halides is 1. The highest BCUT2D eigenvalue weighted by Gasteiger charge is 2.00. The summed E-state index contributed by atoms with van der Waals surface area (Å²) in [5.74, 6) is -0.347. The lowest BCUT2D eigenvalue weighted by Gasteiger charge is -2.02. The molecule has 0 bridgehead atoms. The van der Waals surface area contributed by atoms with Gasteiger partial charge in [-0.2, -0.15) is 0 Å². The van der Waals surface area contributed by atoms with E-state index in [1.807, 2.05) is 0 Å². The third kappa shape index (κ3) is 2.53. The molecule has 0 aliphatic carbocycles. The minimum Gasteiger partial charge on any atom is -0.396 e. The highest BCUT2D eigenvalue weighted by molar-refractivity contribution is 4.53. The standard InChI is InChI=1S/C4H10FNO/c5-1-4(2-6)3-7/h4,7H,1-3,6H2. The van der Waals surface area contributed by atoms with Crippen LogP contribution < -0.4 is 5.73 Å². The van der Waals surface area contributed by atoms with Gasteiger partial charge in [0.15, 0.2) is 0 Å². The fourth-order valence-electron chi connectivity index (χ4n) is 0.186. The Kier molecular flexibility index (Phi) is 3.93. The zero-order chi connectivity index (χ0) is 5.70. The average molecular weight is 107 g/mol. The Morgan fingerprint density at radius 1 is 1.71 bits per heavy atom. The van der Waals surface area contributed by atoms with Crippen LogP contribution in [0.1, 0.15) is 0 Å². The van der Waals surface area contributed by atoms with Crippen molar-refractivity contribution >= 4 is 0 Å². The molecule has 0 rings (SSSR count). The molecule has 0 aromatic carbocycles. The van der Waals surface area contributed by atoms with E-state index in [4.69, 9.17) is 10.8 Å². The summed E-state index contributed by atoms with van der Waals surface area (Å²) in [5, 5.41) is 8.21. The predicted molar refractivity (Wildman–Crippen MR) is 25.6 cm³/mol. The molecule has 0 amide bonds. The van der Waals surface area contributed by atoms with Crippen LogP contribution in [0.5, 0.6) is 0 Å². The molecule has 0 spiro atoms. The second kappa shape index (κ2) is 4.02. The molecule has 2 nitrogen and oxygen atoms in total. The third-order valence-corrected chi connectivity index (χ3v) is 0.810. The van der Waals surface area contributed by atoms with Gasteiger partial charge < -0.3 is 10.8 Å². The molecule has 0 aliphatic rings. The third-order valence-electron chi connectivity index (χ3n) is 0.810. The number of halogens is 1. The van der Waals surface area contributed by atoms with Gasteiger partial charge in [0.2, 0.25) is 0 Å². The van der Waals surface area contributed by atoms with Crippen molar-refractivity contribution in [2.24, 2.45) is 11.7 Å². The second-order valence-corrected chi connectivity index (χ2v) is 1.44. The maximum Gasteiger partial charge on any atom is 0.0956 e. The van der Waals surface area contributed by atoms with Crippen LogP contribution in [0.2, 0.25) is 0 Å². The average Bonchev–Trinajstić information content (AvgIpc) is 1.72. The lowest BCUT2D eigenvalue weighted by molar-refractivity contribution is 0.202. The largest absolute Gasteiger partial charge is 0.396 e. The highest BCUT2D eigenvalue weighted by Crippen LogP contribution is 1.89. The maximum absolute atomic E-state index is 11.4. The zero-order valence-electron chi connectivity index (χ0n) is 4.10. The lowest BCUT2D eigenvalue weighted by atomic mass is 10.2. The van der Waals surface area contributed by atoms with Crippen molar-refractivity contribution in [1.29, 1.82) is 0 Å². The Bertz CT molecular complexity index is 33.2. The molecule has 0 heterocycles. The van der Waals surface area contributed by atoms with Gasteiger partial charge in [-0.1, -0.05) is 0 Å². The molecular weight excluding hydrogens is 97.0 g/mol. The van der Waals surface area contributed by atoms with Crippen LogP contribution in [0, 0.1) is 5.92 Å². The molecule has 0 saturated carbocycles. The number of rotatable bonds is 3. The van der Waals surface area contributed by atoms with Crippen LogP contribution in [-0.4, -0.2) is 24.9 Å². The quantitative estimate of drug-likeness (QED) is 0.512. The van der Waals surface area contributed by atoms with Crippen LogP contribution in [-0.2, 0) is 0 Å². The fraction of sp³-hybridized carbons (Fsp3) is 1.00. The van der Waals surface area contributed by atoms with E-state index in [1.165, 1.54) is 0 Å². The zero-order valence-corrected chi connectivity index (χ0v) is 4.10. The molecule has 0 saturated heterocycles. The minimum atomic E-state index is -0.521. The van der Waals surface area contributed by atoms with Gasteiger partial charge in [0, 0.05) is 12.5 Å². The molecule has 44 valence electrons. The number of nitrogens with two attached hydrogens (primary N) is 1. The summed E-state index contributed by atoms with van der Waals surface area (Å²) in [7, 11) is 0.